The van der Waals surface area contributed by atoms with E-state index in [2.05, 4.69) is 24.5 Å². The van der Waals surface area contributed by atoms with Crippen LogP contribution in [0.4, 0.5) is 0 Å². The number of carbonyl (C=O) groups is 2. The van der Waals surface area contributed by atoms with Gasteiger partial charge in [0.15, 0.2) is 0 Å². The second kappa shape index (κ2) is 11.7. The van der Waals surface area contributed by atoms with Gasteiger partial charge in [0.05, 0.1) is 5.92 Å². The Morgan fingerprint density at radius 1 is 1.18 bits per heavy atom. The maximum Gasteiger partial charge on any atom is 0.224 e. The standard InChI is InChI=1S/C16H31N3O2.ClH/c1-4-5-11-18-16(21)14-9-8-13(2)19(12-14)15(20)7-6-10-17-3;/h13-14,17H,4-12H2,1-3H3,(H,18,21);1H. The zero-order valence-corrected chi connectivity index (χ0v) is 15.0. The van der Waals surface area contributed by atoms with Crippen molar-refractivity contribution in [2.45, 2.75) is 58.4 Å². The number of unbranched alkanes of at least 4 members (excludes halogenated alkanes) is 1. The predicted molar refractivity (Wildman–Crippen MR) is 92.2 cm³/mol. The highest BCUT2D eigenvalue weighted by Crippen LogP contribution is 2.23. The Bertz CT molecular complexity index is 339. The Hall–Kier alpha value is -0.810. The third-order valence-electron chi connectivity index (χ3n) is 4.22. The lowest BCUT2D eigenvalue weighted by molar-refractivity contribution is -0.138. The van der Waals surface area contributed by atoms with Crippen molar-refractivity contribution in [2.24, 2.45) is 5.92 Å². The Balaban J connectivity index is 0.00000441. The molecule has 1 aliphatic heterocycles. The number of likely N-dealkylation sites (tertiary alicyclic amines) is 1. The first-order valence-corrected chi connectivity index (χ1v) is 8.31. The first-order chi connectivity index (χ1) is 10.1. The lowest BCUT2D eigenvalue weighted by atomic mass is 9.92. The van der Waals surface area contributed by atoms with Crippen molar-refractivity contribution in [3.05, 3.63) is 0 Å². The molecule has 0 spiro atoms. The van der Waals surface area contributed by atoms with Gasteiger partial charge in [0, 0.05) is 25.6 Å². The summed E-state index contributed by atoms with van der Waals surface area (Å²) in [5.74, 6) is 0.262. The van der Waals surface area contributed by atoms with Crippen LogP contribution in [0.2, 0.25) is 0 Å². The molecule has 0 saturated carbocycles. The summed E-state index contributed by atoms with van der Waals surface area (Å²) < 4.78 is 0. The molecule has 0 aliphatic carbocycles. The van der Waals surface area contributed by atoms with Gasteiger partial charge in [-0.1, -0.05) is 13.3 Å². The lowest BCUT2D eigenvalue weighted by Crippen LogP contribution is -2.49. The number of carbonyl (C=O) groups excluding carboxylic acids is 2. The van der Waals surface area contributed by atoms with E-state index in [9.17, 15) is 9.59 Å². The van der Waals surface area contributed by atoms with Gasteiger partial charge in [0.1, 0.15) is 0 Å². The Labute approximate surface area is 141 Å². The maximum atomic E-state index is 12.3. The molecule has 6 heteroatoms. The monoisotopic (exact) mass is 333 g/mol. The number of piperidine rings is 1. The summed E-state index contributed by atoms with van der Waals surface area (Å²) in [6, 6.07) is 0.256. The summed E-state index contributed by atoms with van der Waals surface area (Å²) in [5.41, 5.74) is 0. The summed E-state index contributed by atoms with van der Waals surface area (Å²) in [7, 11) is 1.89. The summed E-state index contributed by atoms with van der Waals surface area (Å²) >= 11 is 0. The zero-order valence-electron chi connectivity index (χ0n) is 14.2. The van der Waals surface area contributed by atoms with Crippen molar-refractivity contribution < 1.29 is 9.59 Å². The minimum absolute atomic E-state index is 0. The van der Waals surface area contributed by atoms with E-state index < -0.39 is 0 Å². The van der Waals surface area contributed by atoms with E-state index in [0.717, 1.165) is 45.2 Å². The number of halogens is 1. The van der Waals surface area contributed by atoms with Crippen LogP contribution in [0.3, 0.4) is 0 Å². The molecule has 1 fully saturated rings. The Morgan fingerprint density at radius 2 is 1.91 bits per heavy atom. The molecule has 0 aromatic heterocycles. The van der Waals surface area contributed by atoms with Gasteiger partial charge in [-0.05, 0) is 46.2 Å². The first kappa shape index (κ1) is 21.2. The van der Waals surface area contributed by atoms with E-state index >= 15 is 0 Å². The maximum absolute atomic E-state index is 12.3. The van der Waals surface area contributed by atoms with Gasteiger partial charge in [-0.15, -0.1) is 12.4 Å². The Morgan fingerprint density at radius 3 is 2.55 bits per heavy atom. The molecule has 1 aliphatic rings. The predicted octanol–water partition coefficient (Wildman–Crippen LogP) is 1.95. The van der Waals surface area contributed by atoms with Crippen LogP contribution in [-0.2, 0) is 9.59 Å². The van der Waals surface area contributed by atoms with Crippen LogP contribution < -0.4 is 10.6 Å². The second-order valence-electron chi connectivity index (χ2n) is 6.02. The van der Waals surface area contributed by atoms with Crippen molar-refractivity contribution >= 4 is 24.2 Å². The summed E-state index contributed by atoms with van der Waals surface area (Å²) in [6.45, 7) is 6.38. The number of nitrogens with one attached hydrogen (secondary N) is 2. The molecule has 1 rings (SSSR count). The average molecular weight is 334 g/mol. The van der Waals surface area contributed by atoms with Gasteiger partial charge in [-0.25, -0.2) is 0 Å². The normalized spacial score (nSPS) is 21.1. The summed E-state index contributed by atoms with van der Waals surface area (Å²) in [4.78, 5) is 26.3. The highest BCUT2D eigenvalue weighted by molar-refractivity contribution is 5.85. The Kier molecular flexibility index (Phi) is 11.3. The first-order valence-electron chi connectivity index (χ1n) is 8.31. The second-order valence-corrected chi connectivity index (χ2v) is 6.02. The van der Waals surface area contributed by atoms with Crippen LogP contribution in [0.15, 0.2) is 0 Å². The number of rotatable bonds is 8. The minimum Gasteiger partial charge on any atom is -0.356 e. The van der Waals surface area contributed by atoms with Crippen LogP contribution in [0.1, 0.15) is 52.4 Å². The molecule has 22 heavy (non-hydrogen) atoms. The highest BCUT2D eigenvalue weighted by atomic mass is 35.5. The molecule has 2 N–H and O–H groups in total. The van der Waals surface area contributed by atoms with Crippen molar-refractivity contribution in [2.75, 3.05) is 26.7 Å². The average Bonchev–Trinajstić information content (AvgIpc) is 2.48. The van der Waals surface area contributed by atoms with Crippen molar-refractivity contribution in [3.63, 3.8) is 0 Å². The number of hydrogen-bond acceptors (Lipinski definition) is 3. The number of nitrogens with zero attached hydrogens (tertiary/aromatic N) is 1. The molecule has 5 nitrogen and oxygen atoms in total. The molecule has 1 saturated heterocycles. The molecule has 2 amide bonds. The van der Waals surface area contributed by atoms with E-state index in [1.165, 1.54) is 0 Å². The minimum atomic E-state index is -0.0358. The van der Waals surface area contributed by atoms with Crippen LogP contribution in [-0.4, -0.2) is 49.4 Å². The van der Waals surface area contributed by atoms with Crippen molar-refractivity contribution in [3.8, 4) is 0 Å². The fraction of sp³-hybridized carbons (Fsp3) is 0.875. The van der Waals surface area contributed by atoms with Gasteiger partial charge in [0.25, 0.3) is 0 Å². The smallest absolute Gasteiger partial charge is 0.224 e. The van der Waals surface area contributed by atoms with Gasteiger partial charge < -0.3 is 15.5 Å². The van der Waals surface area contributed by atoms with Gasteiger partial charge in [-0.3, -0.25) is 9.59 Å². The lowest BCUT2D eigenvalue weighted by Gasteiger charge is -2.37. The number of amides is 2. The summed E-state index contributed by atoms with van der Waals surface area (Å²) in [6.07, 6.45) is 5.32. The molecule has 1 heterocycles. The molecule has 2 atom stereocenters. The third-order valence-corrected chi connectivity index (χ3v) is 4.22. The largest absolute Gasteiger partial charge is 0.356 e. The molecule has 2 unspecified atom stereocenters. The van der Waals surface area contributed by atoms with Crippen LogP contribution in [0.25, 0.3) is 0 Å². The quantitative estimate of drug-likeness (QED) is 0.667. The van der Waals surface area contributed by atoms with E-state index in [1.54, 1.807) is 0 Å². The highest BCUT2D eigenvalue weighted by Gasteiger charge is 2.31. The molecule has 0 radical (unpaired) electrons. The van der Waals surface area contributed by atoms with Crippen LogP contribution >= 0.6 is 12.4 Å². The van der Waals surface area contributed by atoms with Gasteiger partial charge in [-0.2, -0.15) is 0 Å². The van der Waals surface area contributed by atoms with E-state index in [4.69, 9.17) is 0 Å². The number of hydrogen-bond donors (Lipinski definition) is 2. The van der Waals surface area contributed by atoms with Gasteiger partial charge >= 0.3 is 0 Å². The van der Waals surface area contributed by atoms with Crippen LogP contribution in [0, 0.1) is 5.92 Å². The fourth-order valence-electron chi connectivity index (χ4n) is 2.76. The molecular formula is C16H32ClN3O2. The third kappa shape index (κ3) is 6.97. The fourth-order valence-corrected chi connectivity index (χ4v) is 2.76. The topological polar surface area (TPSA) is 61.4 Å². The molecule has 0 aromatic carbocycles. The summed E-state index contributed by atoms with van der Waals surface area (Å²) in [5, 5.41) is 6.05. The van der Waals surface area contributed by atoms with E-state index in [1.807, 2.05) is 11.9 Å². The van der Waals surface area contributed by atoms with Crippen molar-refractivity contribution in [1.82, 2.24) is 15.5 Å². The van der Waals surface area contributed by atoms with Gasteiger partial charge in [0.2, 0.25) is 11.8 Å². The van der Waals surface area contributed by atoms with E-state index in [0.29, 0.717) is 13.0 Å². The van der Waals surface area contributed by atoms with E-state index in [-0.39, 0.29) is 36.2 Å². The van der Waals surface area contributed by atoms with Crippen molar-refractivity contribution in [1.29, 1.82) is 0 Å². The molecular weight excluding hydrogens is 302 g/mol. The zero-order chi connectivity index (χ0) is 15.7. The molecule has 0 aromatic rings. The molecule has 130 valence electrons. The molecule has 0 bridgehead atoms. The SMILES string of the molecule is CCCCNC(=O)C1CCC(C)N(C(=O)CCCNC)C1.Cl. The van der Waals surface area contributed by atoms with Crippen LogP contribution in [0.5, 0.6) is 0 Å².